The minimum atomic E-state index is -0.165. The smallest absolute Gasteiger partial charge is 0.258 e. The van der Waals surface area contributed by atoms with Gasteiger partial charge in [-0.05, 0) is 30.3 Å². The highest BCUT2D eigenvalue weighted by atomic mass is 35.5. The second-order valence-corrected chi connectivity index (χ2v) is 6.79. The van der Waals surface area contributed by atoms with Gasteiger partial charge in [-0.1, -0.05) is 28.9 Å². The largest absolute Gasteiger partial charge is 0.493 e. The van der Waals surface area contributed by atoms with Gasteiger partial charge in [-0.25, -0.2) is 0 Å². The zero-order valence-corrected chi connectivity index (χ0v) is 16.1. The molecule has 4 rings (SSSR count). The number of aromatic nitrogens is 2. The van der Waals surface area contributed by atoms with E-state index < -0.39 is 0 Å². The van der Waals surface area contributed by atoms with Crippen molar-refractivity contribution >= 4 is 23.2 Å². The number of nitrogens with zero attached hydrogens (tertiary/aromatic N) is 3. The summed E-state index contributed by atoms with van der Waals surface area (Å²) in [6.07, 6.45) is 0.302. The first-order chi connectivity index (χ1) is 13.6. The van der Waals surface area contributed by atoms with E-state index in [1.54, 1.807) is 37.3 Å². The van der Waals surface area contributed by atoms with Crippen LogP contribution in [-0.2, 0) is 4.79 Å². The van der Waals surface area contributed by atoms with Gasteiger partial charge in [0, 0.05) is 24.4 Å². The number of carbonyl (C=O) groups is 1. The molecular formula is C20H18ClN3O4. The van der Waals surface area contributed by atoms with Crippen molar-refractivity contribution in [3.05, 3.63) is 53.3 Å². The number of hydrogen-bond acceptors (Lipinski definition) is 6. The summed E-state index contributed by atoms with van der Waals surface area (Å²) in [5, 5.41) is 4.63. The van der Waals surface area contributed by atoms with E-state index in [9.17, 15) is 4.79 Å². The third-order valence-corrected chi connectivity index (χ3v) is 5.03. The van der Waals surface area contributed by atoms with Gasteiger partial charge in [0.2, 0.25) is 5.91 Å². The summed E-state index contributed by atoms with van der Waals surface area (Å²) in [5.41, 5.74) is 1.41. The lowest BCUT2D eigenvalue weighted by Gasteiger charge is -2.17. The molecule has 28 heavy (non-hydrogen) atoms. The third-order valence-electron chi connectivity index (χ3n) is 4.71. The molecule has 1 aliphatic heterocycles. The lowest BCUT2D eigenvalue weighted by Crippen LogP contribution is -2.24. The molecule has 1 atom stereocenters. The molecule has 3 aromatic rings. The van der Waals surface area contributed by atoms with Crippen molar-refractivity contribution in [2.45, 2.75) is 12.3 Å². The summed E-state index contributed by atoms with van der Waals surface area (Å²) in [7, 11) is 3.14. The zero-order valence-electron chi connectivity index (χ0n) is 15.4. The molecule has 7 nitrogen and oxygen atoms in total. The van der Waals surface area contributed by atoms with Crippen molar-refractivity contribution in [2.75, 3.05) is 25.7 Å². The quantitative estimate of drug-likeness (QED) is 0.647. The number of para-hydroxylation sites is 1. The first kappa shape index (κ1) is 18.3. The lowest BCUT2D eigenvalue weighted by atomic mass is 10.1. The van der Waals surface area contributed by atoms with Crippen LogP contribution in [0.2, 0.25) is 5.02 Å². The zero-order chi connectivity index (χ0) is 19.7. The summed E-state index contributed by atoms with van der Waals surface area (Å²) < 4.78 is 16.0. The van der Waals surface area contributed by atoms with Gasteiger partial charge >= 0.3 is 0 Å². The average Bonchev–Trinajstić information content (AvgIpc) is 3.35. The molecule has 2 heterocycles. The van der Waals surface area contributed by atoms with Crippen LogP contribution in [0.4, 0.5) is 5.69 Å². The topological polar surface area (TPSA) is 77.7 Å². The predicted molar refractivity (Wildman–Crippen MR) is 104 cm³/mol. The number of rotatable bonds is 5. The summed E-state index contributed by atoms with van der Waals surface area (Å²) in [4.78, 5) is 18.7. The van der Waals surface area contributed by atoms with Crippen LogP contribution in [0.1, 0.15) is 18.2 Å². The normalized spacial score (nSPS) is 16.5. The molecule has 1 fully saturated rings. The van der Waals surface area contributed by atoms with Crippen LogP contribution < -0.4 is 14.4 Å². The van der Waals surface area contributed by atoms with E-state index in [-0.39, 0.29) is 11.8 Å². The molecule has 0 aliphatic carbocycles. The fourth-order valence-corrected chi connectivity index (χ4v) is 3.51. The Kier molecular flexibility index (Phi) is 4.92. The first-order valence-electron chi connectivity index (χ1n) is 8.71. The number of carbonyl (C=O) groups excluding carboxylic acids is 1. The molecule has 144 valence electrons. The predicted octanol–water partition coefficient (Wildman–Crippen LogP) is 3.93. The van der Waals surface area contributed by atoms with Gasteiger partial charge in [0.25, 0.3) is 5.89 Å². The fourth-order valence-electron chi connectivity index (χ4n) is 3.27. The van der Waals surface area contributed by atoms with Gasteiger partial charge in [-0.3, -0.25) is 4.79 Å². The standard InChI is InChI=1S/C20H18ClN3O4/c1-26-16-8-7-12(9-17(16)27-2)20-22-19(23-28-20)13-10-18(25)24(11-13)15-6-4-3-5-14(15)21/h3-9,13H,10-11H2,1-2H3. The summed E-state index contributed by atoms with van der Waals surface area (Å²) in [6, 6.07) is 12.6. The highest BCUT2D eigenvalue weighted by Crippen LogP contribution is 2.36. The molecule has 0 bridgehead atoms. The highest BCUT2D eigenvalue weighted by Gasteiger charge is 2.35. The highest BCUT2D eigenvalue weighted by molar-refractivity contribution is 6.33. The van der Waals surface area contributed by atoms with Crippen molar-refractivity contribution in [1.82, 2.24) is 10.1 Å². The molecule has 1 amide bonds. The Morgan fingerprint density at radius 3 is 2.68 bits per heavy atom. The molecular weight excluding hydrogens is 382 g/mol. The van der Waals surface area contributed by atoms with Crippen LogP contribution in [0, 0.1) is 0 Å². The number of ether oxygens (including phenoxy) is 2. The number of hydrogen-bond donors (Lipinski definition) is 0. The molecule has 2 aromatic carbocycles. The maximum absolute atomic E-state index is 12.5. The maximum atomic E-state index is 12.5. The molecule has 8 heteroatoms. The van der Waals surface area contributed by atoms with E-state index in [1.165, 1.54) is 0 Å². The first-order valence-corrected chi connectivity index (χ1v) is 9.09. The maximum Gasteiger partial charge on any atom is 0.258 e. The van der Waals surface area contributed by atoms with Crippen LogP contribution in [0.3, 0.4) is 0 Å². The number of halogens is 1. The van der Waals surface area contributed by atoms with Crippen LogP contribution in [0.5, 0.6) is 11.5 Å². The van der Waals surface area contributed by atoms with E-state index in [4.69, 9.17) is 25.6 Å². The fraction of sp³-hybridized carbons (Fsp3) is 0.250. The number of methoxy groups -OCH3 is 2. The van der Waals surface area contributed by atoms with Gasteiger partial charge < -0.3 is 18.9 Å². The molecule has 0 radical (unpaired) electrons. The SMILES string of the molecule is COc1ccc(-c2nc(C3CC(=O)N(c4ccccc4Cl)C3)no2)cc1OC. The van der Waals surface area contributed by atoms with E-state index in [0.29, 0.717) is 52.5 Å². The lowest BCUT2D eigenvalue weighted by molar-refractivity contribution is -0.117. The van der Waals surface area contributed by atoms with Gasteiger partial charge in [0.1, 0.15) is 0 Å². The Morgan fingerprint density at radius 1 is 1.14 bits per heavy atom. The minimum absolute atomic E-state index is 0.0180. The van der Waals surface area contributed by atoms with E-state index in [1.807, 2.05) is 24.3 Å². The van der Waals surface area contributed by atoms with Crippen molar-refractivity contribution in [3.63, 3.8) is 0 Å². The van der Waals surface area contributed by atoms with E-state index in [2.05, 4.69) is 10.1 Å². The molecule has 0 spiro atoms. The molecule has 1 aliphatic rings. The van der Waals surface area contributed by atoms with Gasteiger partial charge in [-0.2, -0.15) is 4.98 Å². The monoisotopic (exact) mass is 399 g/mol. The van der Waals surface area contributed by atoms with Crippen molar-refractivity contribution in [3.8, 4) is 23.0 Å². The number of benzene rings is 2. The Bertz CT molecular complexity index is 1020. The Balaban J connectivity index is 1.57. The average molecular weight is 400 g/mol. The minimum Gasteiger partial charge on any atom is -0.493 e. The second kappa shape index (κ2) is 7.52. The second-order valence-electron chi connectivity index (χ2n) is 6.38. The Hall–Kier alpha value is -3.06. The molecule has 1 aromatic heterocycles. The summed E-state index contributed by atoms with van der Waals surface area (Å²) in [6.45, 7) is 0.452. The van der Waals surface area contributed by atoms with Crippen molar-refractivity contribution < 1.29 is 18.8 Å². The van der Waals surface area contributed by atoms with Crippen molar-refractivity contribution in [1.29, 1.82) is 0 Å². The van der Waals surface area contributed by atoms with E-state index in [0.717, 1.165) is 0 Å². The Labute approximate surface area is 166 Å². The van der Waals surface area contributed by atoms with Gasteiger partial charge in [0.05, 0.1) is 24.9 Å². The summed E-state index contributed by atoms with van der Waals surface area (Å²) >= 11 is 6.23. The van der Waals surface area contributed by atoms with Crippen LogP contribution in [-0.4, -0.2) is 36.8 Å². The number of amides is 1. The third kappa shape index (κ3) is 3.29. The van der Waals surface area contributed by atoms with Crippen LogP contribution in [0.15, 0.2) is 47.0 Å². The van der Waals surface area contributed by atoms with Gasteiger partial charge in [0.15, 0.2) is 17.3 Å². The van der Waals surface area contributed by atoms with Crippen molar-refractivity contribution in [2.24, 2.45) is 0 Å². The number of anilines is 1. The van der Waals surface area contributed by atoms with Crippen LogP contribution >= 0.6 is 11.6 Å². The molecule has 1 unspecified atom stereocenters. The Morgan fingerprint density at radius 2 is 1.93 bits per heavy atom. The van der Waals surface area contributed by atoms with E-state index >= 15 is 0 Å². The van der Waals surface area contributed by atoms with Crippen LogP contribution in [0.25, 0.3) is 11.5 Å². The molecule has 1 saturated heterocycles. The molecule has 0 N–H and O–H groups in total. The molecule has 0 saturated carbocycles. The summed E-state index contributed by atoms with van der Waals surface area (Å²) in [5.74, 6) is 1.85. The van der Waals surface area contributed by atoms with Gasteiger partial charge in [-0.15, -0.1) is 0 Å².